The molecule has 0 radical (unpaired) electrons. The van der Waals surface area contributed by atoms with Gasteiger partial charge in [0.2, 0.25) is 5.92 Å². The summed E-state index contributed by atoms with van der Waals surface area (Å²) in [7, 11) is -3.85. The second-order valence-electron chi connectivity index (χ2n) is 4.40. The topological polar surface area (TPSA) is 43.4 Å². The standard InChI is InChI=1S/C13H18F2O3S/c1-3-13(14,15)9-4-10-18-19(16,17)12-7-5-11(2)6-8-12/h5-8H,3-4,9-10H2,1-2H3. The zero-order valence-electron chi connectivity index (χ0n) is 11.0. The lowest BCUT2D eigenvalue weighted by atomic mass is 10.1. The molecule has 0 N–H and O–H groups in total. The summed E-state index contributed by atoms with van der Waals surface area (Å²) < 4.78 is 54.1. The van der Waals surface area contributed by atoms with Crippen LogP contribution in [0.5, 0.6) is 0 Å². The first-order chi connectivity index (χ1) is 8.77. The van der Waals surface area contributed by atoms with Crippen LogP contribution < -0.4 is 0 Å². The molecule has 1 aromatic carbocycles. The summed E-state index contributed by atoms with van der Waals surface area (Å²) in [6.07, 6.45) is -0.615. The molecule has 0 spiro atoms. The van der Waals surface area contributed by atoms with Crippen LogP contribution in [0.25, 0.3) is 0 Å². The van der Waals surface area contributed by atoms with Crippen molar-refractivity contribution in [3.63, 3.8) is 0 Å². The molecular weight excluding hydrogens is 274 g/mol. The van der Waals surface area contributed by atoms with Gasteiger partial charge in [0.25, 0.3) is 10.1 Å². The molecule has 0 aliphatic heterocycles. The Labute approximate surface area is 112 Å². The molecule has 108 valence electrons. The normalized spacial score (nSPS) is 12.6. The molecule has 1 rings (SSSR count). The molecule has 0 aliphatic carbocycles. The van der Waals surface area contributed by atoms with Crippen molar-refractivity contribution in [1.82, 2.24) is 0 Å². The molecule has 0 atom stereocenters. The van der Waals surface area contributed by atoms with Crippen LogP contribution in [0, 0.1) is 6.92 Å². The highest BCUT2D eigenvalue weighted by atomic mass is 32.2. The maximum absolute atomic E-state index is 12.9. The van der Waals surface area contributed by atoms with E-state index >= 15 is 0 Å². The van der Waals surface area contributed by atoms with E-state index in [0.29, 0.717) is 0 Å². The maximum Gasteiger partial charge on any atom is 0.296 e. The lowest BCUT2D eigenvalue weighted by molar-refractivity contribution is -0.0157. The third kappa shape index (κ3) is 5.24. The fourth-order valence-corrected chi connectivity index (χ4v) is 2.39. The monoisotopic (exact) mass is 292 g/mol. The predicted molar refractivity (Wildman–Crippen MR) is 68.8 cm³/mol. The van der Waals surface area contributed by atoms with Crippen LogP contribution in [0.2, 0.25) is 0 Å². The Kier molecular flexibility index (Phi) is 5.43. The van der Waals surface area contributed by atoms with E-state index in [9.17, 15) is 17.2 Å². The van der Waals surface area contributed by atoms with Crippen LogP contribution in [0.1, 0.15) is 31.7 Å². The summed E-state index contributed by atoms with van der Waals surface area (Å²) in [6.45, 7) is 3.00. The Balaban J connectivity index is 2.50. The Morgan fingerprint density at radius 1 is 1.21 bits per heavy atom. The van der Waals surface area contributed by atoms with E-state index in [0.717, 1.165) is 5.56 Å². The molecule has 0 aromatic heterocycles. The SMILES string of the molecule is CCC(F)(F)CCCOS(=O)(=O)c1ccc(C)cc1. The molecule has 1 aromatic rings. The van der Waals surface area contributed by atoms with Gasteiger partial charge in [0.05, 0.1) is 11.5 Å². The van der Waals surface area contributed by atoms with Crippen molar-refractivity contribution < 1.29 is 21.4 Å². The van der Waals surface area contributed by atoms with E-state index in [1.54, 1.807) is 12.1 Å². The van der Waals surface area contributed by atoms with Gasteiger partial charge < -0.3 is 0 Å². The molecule has 19 heavy (non-hydrogen) atoms. The van der Waals surface area contributed by atoms with Gasteiger partial charge in [0.1, 0.15) is 0 Å². The maximum atomic E-state index is 12.9. The molecule has 0 aliphatic rings. The zero-order valence-corrected chi connectivity index (χ0v) is 11.8. The first-order valence-electron chi connectivity index (χ1n) is 6.11. The van der Waals surface area contributed by atoms with Gasteiger partial charge in [0.15, 0.2) is 0 Å². The largest absolute Gasteiger partial charge is 0.296 e. The highest BCUT2D eigenvalue weighted by Crippen LogP contribution is 2.24. The first-order valence-corrected chi connectivity index (χ1v) is 7.51. The number of rotatable bonds is 7. The molecule has 0 fully saturated rings. The van der Waals surface area contributed by atoms with Crippen molar-refractivity contribution in [2.24, 2.45) is 0 Å². The van der Waals surface area contributed by atoms with Gasteiger partial charge in [-0.3, -0.25) is 4.18 Å². The Bertz CT molecular complexity index is 495. The zero-order chi connectivity index (χ0) is 14.5. The van der Waals surface area contributed by atoms with E-state index in [1.807, 2.05) is 6.92 Å². The number of benzene rings is 1. The average Bonchev–Trinajstić information content (AvgIpc) is 2.35. The third-order valence-electron chi connectivity index (χ3n) is 2.75. The minimum absolute atomic E-state index is 0.00588. The van der Waals surface area contributed by atoms with Gasteiger partial charge in [-0.2, -0.15) is 8.42 Å². The van der Waals surface area contributed by atoms with Crippen LogP contribution in [0.15, 0.2) is 29.2 Å². The van der Waals surface area contributed by atoms with Gasteiger partial charge >= 0.3 is 0 Å². The van der Waals surface area contributed by atoms with Gasteiger partial charge in [-0.1, -0.05) is 24.6 Å². The molecule has 0 bridgehead atoms. The van der Waals surface area contributed by atoms with Gasteiger partial charge in [-0.25, -0.2) is 8.78 Å². The average molecular weight is 292 g/mol. The summed E-state index contributed by atoms with van der Waals surface area (Å²) in [5.41, 5.74) is 0.932. The minimum atomic E-state index is -3.85. The second kappa shape index (κ2) is 6.43. The number of hydrogen-bond acceptors (Lipinski definition) is 3. The van der Waals surface area contributed by atoms with Gasteiger partial charge in [-0.15, -0.1) is 0 Å². The quantitative estimate of drug-likeness (QED) is 0.570. The van der Waals surface area contributed by atoms with Crippen molar-refractivity contribution in [3.8, 4) is 0 Å². The van der Waals surface area contributed by atoms with Crippen molar-refractivity contribution in [1.29, 1.82) is 0 Å². The summed E-state index contributed by atoms with van der Waals surface area (Å²) in [6, 6.07) is 6.18. The van der Waals surface area contributed by atoms with E-state index in [1.165, 1.54) is 19.1 Å². The summed E-state index contributed by atoms with van der Waals surface area (Å²) >= 11 is 0. The molecule has 0 saturated heterocycles. The highest BCUT2D eigenvalue weighted by molar-refractivity contribution is 7.86. The smallest absolute Gasteiger partial charge is 0.266 e. The van der Waals surface area contributed by atoms with Crippen LogP contribution in [-0.4, -0.2) is 20.9 Å². The number of hydrogen-bond donors (Lipinski definition) is 0. The Morgan fingerprint density at radius 2 is 1.79 bits per heavy atom. The number of aryl methyl sites for hydroxylation is 1. The highest BCUT2D eigenvalue weighted by Gasteiger charge is 2.25. The van der Waals surface area contributed by atoms with Crippen molar-refractivity contribution in [2.45, 2.75) is 43.9 Å². The fourth-order valence-electron chi connectivity index (χ4n) is 1.45. The summed E-state index contributed by atoms with van der Waals surface area (Å²) in [5.74, 6) is -2.75. The van der Waals surface area contributed by atoms with Crippen molar-refractivity contribution in [3.05, 3.63) is 29.8 Å². The number of halogens is 2. The lowest BCUT2D eigenvalue weighted by Crippen LogP contribution is -2.16. The molecule has 6 heteroatoms. The van der Waals surface area contributed by atoms with Crippen molar-refractivity contribution in [2.75, 3.05) is 6.61 Å². The third-order valence-corrected chi connectivity index (χ3v) is 4.08. The number of alkyl halides is 2. The minimum Gasteiger partial charge on any atom is -0.266 e. The van der Waals surface area contributed by atoms with E-state index in [4.69, 9.17) is 4.18 Å². The molecule has 0 amide bonds. The van der Waals surface area contributed by atoms with Crippen molar-refractivity contribution >= 4 is 10.1 Å². The van der Waals surface area contributed by atoms with Crippen LogP contribution in [0.3, 0.4) is 0 Å². The van der Waals surface area contributed by atoms with E-state index in [-0.39, 0.29) is 30.8 Å². The lowest BCUT2D eigenvalue weighted by Gasteiger charge is -2.13. The first kappa shape index (κ1) is 16.0. The summed E-state index contributed by atoms with van der Waals surface area (Å²) in [5, 5.41) is 0. The Morgan fingerprint density at radius 3 is 2.32 bits per heavy atom. The fraction of sp³-hybridized carbons (Fsp3) is 0.538. The Hall–Kier alpha value is -1.01. The molecule has 0 saturated carbocycles. The van der Waals surface area contributed by atoms with Crippen LogP contribution in [0.4, 0.5) is 8.78 Å². The van der Waals surface area contributed by atoms with Gasteiger partial charge in [0, 0.05) is 12.8 Å². The molecule has 0 unspecified atom stereocenters. The molecule has 3 nitrogen and oxygen atoms in total. The van der Waals surface area contributed by atoms with Crippen LogP contribution >= 0.6 is 0 Å². The molecular formula is C13H18F2O3S. The molecule has 0 heterocycles. The van der Waals surface area contributed by atoms with Gasteiger partial charge in [-0.05, 0) is 25.5 Å². The summed E-state index contributed by atoms with van der Waals surface area (Å²) in [4.78, 5) is 0.0420. The van der Waals surface area contributed by atoms with E-state index < -0.39 is 16.0 Å². The second-order valence-corrected chi connectivity index (χ2v) is 6.02. The van der Waals surface area contributed by atoms with Crippen LogP contribution in [-0.2, 0) is 14.3 Å². The van der Waals surface area contributed by atoms with E-state index in [2.05, 4.69) is 0 Å². The predicted octanol–water partition coefficient (Wildman–Crippen LogP) is 3.53.